The molecule has 3 nitrogen and oxygen atoms in total. The molecule has 592 valence electrons. The third-order valence-electron chi connectivity index (χ3n) is 27.1. The molecule has 0 saturated heterocycles. The number of aliphatic hydroxyl groups is 3. The van der Waals surface area contributed by atoms with Gasteiger partial charge in [-0.15, -0.1) is 0 Å². The molecule has 10 saturated carbocycles. The molecule has 0 aromatic carbocycles. The van der Waals surface area contributed by atoms with Gasteiger partial charge in [-0.05, 0) is 227 Å². The number of halogens is 8. The molecule has 0 radical (unpaired) electrons. The monoisotopic (exact) mass is 1420 g/mol. The smallest absolute Gasteiger partial charge is 0.250 e. The molecule has 0 bridgehead atoms. The van der Waals surface area contributed by atoms with Gasteiger partial charge in [0.15, 0.2) is 0 Å². The minimum Gasteiger partial charge on any atom is -0.390 e. The quantitative estimate of drug-likeness (QED) is 0.202. The number of rotatable bonds is 9. The fraction of sp³-hybridized carbons (Fsp3) is 1.00. The van der Waals surface area contributed by atoms with Crippen molar-refractivity contribution < 1.29 is 50.4 Å². The molecule has 0 aromatic rings. The van der Waals surface area contributed by atoms with Crippen LogP contribution in [0, 0.1) is 124 Å². The molecular formula is C88H166F8O3. The largest absolute Gasteiger partial charge is 0.390 e. The minimum atomic E-state index is -2.40. The topological polar surface area (TPSA) is 60.7 Å². The van der Waals surface area contributed by atoms with Crippen LogP contribution in [0.15, 0.2) is 0 Å². The van der Waals surface area contributed by atoms with E-state index in [1.165, 1.54) is 83.5 Å². The second kappa shape index (κ2) is 43.3. The van der Waals surface area contributed by atoms with E-state index in [0.717, 1.165) is 98.2 Å². The molecule has 0 aromatic heterocycles. The van der Waals surface area contributed by atoms with Gasteiger partial charge in [0.05, 0.1) is 16.8 Å². The van der Waals surface area contributed by atoms with Crippen LogP contribution in [0.3, 0.4) is 0 Å². The predicted octanol–water partition coefficient (Wildman–Crippen LogP) is 28.9. The summed E-state index contributed by atoms with van der Waals surface area (Å²) < 4.78 is 103. The van der Waals surface area contributed by atoms with Crippen LogP contribution >= 0.6 is 0 Å². The first kappa shape index (κ1) is 94.4. The molecule has 0 amide bonds. The fourth-order valence-corrected chi connectivity index (χ4v) is 18.4. The van der Waals surface area contributed by atoms with Gasteiger partial charge in [0.25, 0.3) is 5.92 Å². The van der Waals surface area contributed by atoms with Gasteiger partial charge in [0, 0.05) is 50.9 Å². The third-order valence-corrected chi connectivity index (χ3v) is 27.1. The zero-order valence-corrected chi connectivity index (χ0v) is 69.1. The van der Waals surface area contributed by atoms with Crippen molar-refractivity contribution in [3.8, 4) is 0 Å². The first-order chi connectivity index (χ1) is 45.5. The van der Waals surface area contributed by atoms with Crippen LogP contribution in [-0.2, 0) is 0 Å². The highest BCUT2D eigenvalue weighted by molar-refractivity contribution is 4.98. The highest BCUT2D eigenvalue weighted by Crippen LogP contribution is 2.58. The Balaban J connectivity index is 0.000000379. The van der Waals surface area contributed by atoms with Crippen LogP contribution in [0.2, 0.25) is 0 Å². The molecule has 3 N–H and O–H groups in total. The van der Waals surface area contributed by atoms with E-state index < -0.39 is 29.6 Å². The third kappa shape index (κ3) is 36.2. The van der Waals surface area contributed by atoms with Crippen LogP contribution in [0.1, 0.15) is 397 Å². The normalized spacial score (nSPS) is 34.0. The van der Waals surface area contributed by atoms with Crippen molar-refractivity contribution in [1.82, 2.24) is 0 Å². The van der Waals surface area contributed by atoms with Crippen molar-refractivity contribution in [2.45, 2.75) is 437 Å². The number of hydrogen-bond acceptors (Lipinski definition) is 3. The Kier molecular flexibility index (Phi) is 41.3. The maximum absolute atomic E-state index is 13.1. The van der Waals surface area contributed by atoms with E-state index in [9.17, 15) is 50.4 Å². The summed E-state index contributed by atoms with van der Waals surface area (Å²) in [5.41, 5.74) is -0.166. The molecule has 0 heterocycles. The second-order valence-electron chi connectivity index (χ2n) is 39.1. The Labute approximate surface area is 608 Å². The standard InChI is InChI=1S/C11H20.2C10H18F2.3C10H20O.2C9H16F2.C9H18/c1-9(2)10-4-3-5-11(8-10)6-7-11;1-7(2)9-4-8(3)5-10(11,12)6-9;1-7(2)9-4-5-10(11,12)8(3)6-9;3*1-8(2)10(11)6-4-5-9(3)7-10;1-7(2)8-3-5-9(10,11)6-4-8;1-7(2)8-4-3-5-9(10,11)6-8;1-8(2)9-6-4-3-5-7-9/h9-10H,3-8H2,1-2H3;2*7-9H,4-6H2,1-3H3;3*8-9,11H,4-7H2,1-3H3;2*7-8H,3-6H2,1-2H3;8-9H,3-7H2,1-2H3/t;;;2*9?,10-;;;;/m...10..../s1. The molecule has 12 atom stereocenters. The Morgan fingerprint density at radius 3 is 0.889 bits per heavy atom. The molecule has 11 heteroatoms. The molecule has 10 aliphatic rings. The van der Waals surface area contributed by atoms with Gasteiger partial charge in [-0.2, -0.15) is 0 Å². The molecule has 1 spiro atoms. The van der Waals surface area contributed by atoms with Crippen LogP contribution < -0.4 is 0 Å². The SMILES string of the molecule is CC(C)C1CCC(F)(F)C(C)C1.CC(C)C1CCC(F)(F)CC1.CC(C)C1CCCC(F)(F)C1.CC(C)C1CCCC2(CC2)C1.CC(C)C1CCCCC1.CC1CC(C(C)C)CC(F)(F)C1.CC1CCCC(O)(C(C)C)C1.CC1CCC[C@@](O)(C(C)C)C1.CC1CCC[C@](O)(C(C)C)C1. The summed E-state index contributed by atoms with van der Waals surface area (Å²) in [5, 5.41) is 30.4. The molecule has 99 heavy (non-hydrogen) atoms. The van der Waals surface area contributed by atoms with Gasteiger partial charge >= 0.3 is 0 Å². The van der Waals surface area contributed by atoms with E-state index in [1.54, 1.807) is 32.6 Å². The lowest BCUT2D eigenvalue weighted by atomic mass is 9.73. The fourth-order valence-electron chi connectivity index (χ4n) is 18.4. The molecule has 0 aliphatic heterocycles. The lowest BCUT2D eigenvalue weighted by Gasteiger charge is -2.38. The predicted molar refractivity (Wildman–Crippen MR) is 408 cm³/mol. The van der Waals surface area contributed by atoms with E-state index in [1.807, 2.05) is 34.6 Å². The highest BCUT2D eigenvalue weighted by Gasteiger charge is 2.47. The van der Waals surface area contributed by atoms with Crippen LogP contribution in [0.5, 0.6) is 0 Å². The van der Waals surface area contributed by atoms with Gasteiger partial charge in [0.1, 0.15) is 0 Å². The molecule has 10 rings (SSSR count). The van der Waals surface area contributed by atoms with E-state index in [4.69, 9.17) is 0 Å². The number of hydrogen-bond donors (Lipinski definition) is 3. The summed E-state index contributed by atoms with van der Waals surface area (Å²) in [4.78, 5) is 0. The Morgan fingerprint density at radius 1 is 0.253 bits per heavy atom. The van der Waals surface area contributed by atoms with Gasteiger partial charge in [0.2, 0.25) is 17.8 Å². The maximum atomic E-state index is 13.1. The summed E-state index contributed by atoms with van der Waals surface area (Å²) in [6, 6.07) is 0. The lowest BCUT2D eigenvalue weighted by molar-refractivity contribution is -0.0951. The van der Waals surface area contributed by atoms with E-state index in [-0.39, 0.29) is 79.5 Å². The van der Waals surface area contributed by atoms with E-state index in [0.29, 0.717) is 85.4 Å². The first-order valence-corrected chi connectivity index (χ1v) is 42.2. The Bertz CT molecular complexity index is 1990. The summed E-state index contributed by atoms with van der Waals surface area (Å²) in [6.45, 7) is 49.2. The number of alkyl halides is 8. The zero-order chi connectivity index (χ0) is 75.7. The van der Waals surface area contributed by atoms with Crippen molar-refractivity contribution in [3.63, 3.8) is 0 Å². The van der Waals surface area contributed by atoms with Crippen molar-refractivity contribution in [2.24, 2.45) is 124 Å². The molecular weight excluding hydrogens is 1260 g/mol. The summed E-state index contributed by atoms with van der Waals surface area (Å²) >= 11 is 0. The highest BCUT2D eigenvalue weighted by atomic mass is 19.3. The first-order valence-electron chi connectivity index (χ1n) is 42.2. The maximum Gasteiger partial charge on any atom is 0.250 e. The van der Waals surface area contributed by atoms with E-state index >= 15 is 0 Å². The van der Waals surface area contributed by atoms with Gasteiger partial charge in [-0.1, -0.05) is 243 Å². The van der Waals surface area contributed by atoms with Crippen molar-refractivity contribution in [2.75, 3.05) is 0 Å². The van der Waals surface area contributed by atoms with Crippen molar-refractivity contribution >= 4 is 0 Å². The second-order valence-corrected chi connectivity index (χ2v) is 39.1. The summed E-state index contributed by atoms with van der Waals surface area (Å²) in [7, 11) is 0. The van der Waals surface area contributed by atoms with E-state index in [2.05, 4.69) is 118 Å². The molecule has 10 fully saturated rings. The van der Waals surface area contributed by atoms with Crippen molar-refractivity contribution in [1.29, 1.82) is 0 Å². The van der Waals surface area contributed by atoms with Gasteiger partial charge in [-0.3, -0.25) is 0 Å². The Hall–Kier alpha value is -0.680. The molecule has 10 aliphatic carbocycles. The van der Waals surface area contributed by atoms with Crippen LogP contribution in [-0.4, -0.2) is 55.8 Å². The lowest BCUT2D eigenvalue weighted by Crippen LogP contribution is -2.39. The summed E-state index contributed by atoms with van der Waals surface area (Å²) in [5.74, 6) is 1.15. The van der Waals surface area contributed by atoms with Crippen LogP contribution in [0.4, 0.5) is 35.1 Å². The Morgan fingerprint density at radius 2 is 0.586 bits per heavy atom. The van der Waals surface area contributed by atoms with Gasteiger partial charge in [-0.25, -0.2) is 35.1 Å². The van der Waals surface area contributed by atoms with Crippen molar-refractivity contribution in [3.05, 3.63) is 0 Å². The van der Waals surface area contributed by atoms with Gasteiger partial charge < -0.3 is 15.3 Å². The minimum absolute atomic E-state index is 0.0935. The zero-order valence-electron chi connectivity index (χ0n) is 69.1. The molecule has 10 unspecified atom stereocenters. The average molecular weight is 1420 g/mol. The summed E-state index contributed by atoms with van der Waals surface area (Å²) in [6.07, 6.45) is 36.5. The van der Waals surface area contributed by atoms with Crippen LogP contribution in [0.25, 0.3) is 0 Å². The average Bonchev–Trinajstić information content (AvgIpc) is 1.60.